The molecular formula is C18H14F3NO3. The summed E-state index contributed by atoms with van der Waals surface area (Å²) in [7, 11) is 0. The van der Waals surface area contributed by atoms with Crippen LogP contribution in [-0.4, -0.2) is 17.6 Å². The van der Waals surface area contributed by atoms with Crippen molar-refractivity contribution in [2.45, 2.75) is 13.1 Å². The molecule has 0 spiro atoms. The van der Waals surface area contributed by atoms with E-state index in [1.165, 1.54) is 18.2 Å². The van der Waals surface area contributed by atoms with E-state index < -0.39 is 17.6 Å². The van der Waals surface area contributed by atoms with Crippen molar-refractivity contribution in [1.82, 2.24) is 0 Å². The third kappa shape index (κ3) is 3.31. The second kappa shape index (κ2) is 6.16. The zero-order chi connectivity index (χ0) is 18.2. The lowest BCUT2D eigenvalue weighted by Gasteiger charge is -2.08. The topological polar surface area (TPSA) is 58.6 Å². The summed E-state index contributed by atoms with van der Waals surface area (Å²) in [6, 6.07) is 7.69. The second-order valence-electron chi connectivity index (χ2n) is 5.43. The van der Waals surface area contributed by atoms with E-state index >= 15 is 0 Å². The summed E-state index contributed by atoms with van der Waals surface area (Å²) >= 11 is 0. The quantitative estimate of drug-likeness (QED) is 0.812. The molecular weight excluding hydrogens is 335 g/mol. The maximum absolute atomic E-state index is 12.8. The summed E-state index contributed by atoms with van der Waals surface area (Å²) in [4.78, 5) is 12.1. The maximum Gasteiger partial charge on any atom is 0.416 e. The monoisotopic (exact) mass is 349 g/mol. The molecule has 0 atom stereocenters. The van der Waals surface area contributed by atoms with Crippen molar-refractivity contribution >= 4 is 23.2 Å². The number of hydrogen-bond acceptors (Lipinski definition) is 3. The highest BCUT2D eigenvalue weighted by atomic mass is 19.4. The predicted octanol–water partition coefficient (Wildman–Crippen LogP) is 4.30. The van der Waals surface area contributed by atoms with Crippen molar-refractivity contribution in [3.63, 3.8) is 0 Å². The van der Waals surface area contributed by atoms with Gasteiger partial charge in [-0.05, 0) is 42.8 Å². The molecule has 0 saturated carbocycles. The molecule has 0 radical (unpaired) electrons. The van der Waals surface area contributed by atoms with Crippen LogP contribution in [0.4, 0.5) is 18.9 Å². The number of anilines is 1. The summed E-state index contributed by atoms with van der Waals surface area (Å²) in [5.74, 6) is -0.252. The van der Waals surface area contributed by atoms with Crippen LogP contribution in [0.25, 0.3) is 11.6 Å². The first-order valence-electron chi connectivity index (χ1n) is 7.50. The number of nitrogens with one attached hydrogen (secondary N) is 1. The van der Waals surface area contributed by atoms with Crippen LogP contribution in [0.1, 0.15) is 23.6 Å². The lowest BCUT2D eigenvalue weighted by atomic mass is 10.0. The summed E-state index contributed by atoms with van der Waals surface area (Å²) in [6.07, 6.45) is -2.94. The normalized spacial score (nSPS) is 15.2. The molecule has 2 aromatic rings. The molecule has 25 heavy (non-hydrogen) atoms. The van der Waals surface area contributed by atoms with Crippen molar-refractivity contribution in [3.8, 4) is 11.5 Å². The Kier molecular flexibility index (Phi) is 4.16. The minimum absolute atomic E-state index is 0.0323. The van der Waals surface area contributed by atoms with Crippen LogP contribution in [0.5, 0.6) is 11.5 Å². The van der Waals surface area contributed by atoms with E-state index in [0.717, 1.165) is 12.1 Å². The van der Waals surface area contributed by atoms with E-state index in [1.54, 1.807) is 19.1 Å². The highest BCUT2D eigenvalue weighted by Crippen LogP contribution is 2.38. The smallest absolute Gasteiger partial charge is 0.416 e. The van der Waals surface area contributed by atoms with Gasteiger partial charge in [0.1, 0.15) is 0 Å². The van der Waals surface area contributed by atoms with Gasteiger partial charge in [0.15, 0.2) is 11.5 Å². The van der Waals surface area contributed by atoms with Crippen molar-refractivity contribution in [2.75, 3.05) is 11.9 Å². The van der Waals surface area contributed by atoms with Gasteiger partial charge in [-0.1, -0.05) is 12.1 Å². The number of carbonyl (C=O) groups is 1. The summed E-state index contributed by atoms with van der Waals surface area (Å²) in [5.41, 5.74) is 0.519. The SMILES string of the molecule is CCOc1cc(/C=C2/C(=O)Nc3cc(C(F)(F)F)ccc32)ccc1O. The number of hydrogen-bond donors (Lipinski definition) is 2. The Bertz CT molecular complexity index is 872. The molecule has 0 bridgehead atoms. The number of fused-ring (bicyclic) bond motifs is 1. The number of phenols is 1. The summed E-state index contributed by atoms with van der Waals surface area (Å²) in [6.45, 7) is 2.13. The fraction of sp³-hybridized carbons (Fsp3) is 0.167. The average Bonchev–Trinajstić information content (AvgIpc) is 2.85. The molecule has 3 rings (SSSR count). The van der Waals surface area contributed by atoms with Gasteiger partial charge in [0.05, 0.1) is 12.2 Å². The van der Waals surface area contributed by atoms with Gasteiger partial charge in [0.25, 0.3) is 5.91 Å². The first-order chi connectivity index (χ1) is 11.8. The largest absolute Gasteiger partial charge is 0.504 e. The number of amides is 1. The number of alkyl halides is 3. The first-order valence-corrected chi connectivity index (χ1v) is 7.50. The third-order valence-electron chi connectivity index (χ3n) is 3.72. The Labute approximate surface area is 141 Å². The van der Waals surface area contributed by atoms with Gasteiger partial charge in [-0.3, -0.25) is 4.79 Å². The van der Waals surface area contributed by atoms with Crippen molar-refractivity contribution in [3.05, 3.63) is 53.1 Å². The zero-order valence-electron chi connectivity index (χ0n) is 13.1. The number of rotatable bonds is 3. The average molecular weight is 349 g/mol. The van der Waals surface area contributed by atoms with Crippen LogP contribution in [0.3, 0.4) is 0 Å². The molecule has 7 heteroatoms. The lowest BCUT2D eigenvalue weighted by Crippen LogP contribution is -2.06. The van der Waals surface area contributed by atoms with Crippen LogP contribution >= 0.6 is 0 Å². The van der Waals surface area contributed by atoms with Gasteiger partial charge in [0, 0.05) is 16.8 Å². The molecule has 0 fully saturated rings. The molecule has 0 saturated heterocycles. The standard InChI is InChI=1S/C18H14F3NO3/c1-2-25-16-8-10(3-6-15(16)23)7-13-12-5-4-11(18(19,20)21)9-14(12)22-17(13)24/h3-9,23H,2H2,1H3,(H,22,24)/b13-7+. The van der Waals surface area contributed by atoms with Crippen molar-refractivity contribution in [1.29, 1.82) is 0 Å². The Hall–Kier alpha value is -2.96. The molecule has 1 aliphatic rings. The number of ether oxygens (including phenoxy) is 1. The molecule has 2 N–H and O–H groups in total. The fourth-order valence-corrected chi connectivity index (χ4v) is 2.57. The van der Waals surface area contributed by atoms with E-state index in [9.17, 15) is 23.1 Å². The Morgan fingerprint density at radius 2 is 1.96 bits per heavy atom. The van der Waals surface area contributed by atoms with Gasteiger partial charge < -0.3 is 15.2 Å². The van der Waals surface area contributed by atoms with E-state index in [1.807, 2.05) is 0 Å². The number of benzene rings is 2. The molecule has 1 amide bonds. The molecule has 130 valence electrons. The number of carbonyl (C=O) groups excluding carboxylic acids is 1. The highest BCUT2D eigenvalue weighted by molar-refractivity contribution is 6.34. The van der Waals surface area contributed by atoms with Gasteiger partial charge in [-0.15, -0.1) is 0 Å². The molecule has 0 aliphatic carbocycles. The van der Waals surface area contributed by atoms with Crippen molar-refractivity contribution < 1.29 is 27.8 Å². The van der Waals surface area contributed by atoms with E-state index in [0.29, 0.717) is 17.7 Å². The van der Waals surface area contributed by atoms with Gasteiger partial charge >= 0.3 is 6.18 Å². The first kappa shape index (κ1) is 16.9. The van der Waals surface area contributed by atoms with Crippen LogP contribution < -0.4 is 10.1 Å². The fourth-order valence-electron chi connectivity index (χ4n) is 2.57. The molecule has 1 heterocycles. The van der Waals surface area contributed by atoms with Crippen molar-refractivity contribution in [2.24, 2.45) is 0 Å². The zero-order valence-corrected chi connectivity index (χ0v) is 13.1. The Balaban J connectivity index is 2.01. The molecule has 4 nitrogen and oxygen atoms in total. The lowest BCUT2D eigenvalue weighted by molar-refractivity contribution is -0.137. The third-order valence-corrected chi connectivity index (χ3v) is 3.72. The van der Waals surface area contributed by atoms with Crippen LogP contribution in [0, 0.1) is 0 Å². The number of halogens is 3. The molecule has 1 aliphatic heterocycles. The van der Waals surface area contributed by atoms with Gasteiger partial charge in [-0.2, -0.15) is 13.2 Å². The molecule has 0 unspecified atom stereocenters. The predicted molar refractivity (Wildman–Crippen MR) is 87.2 cm³/mol. The van der Waals surface area contributed by atoms with E-state index in [4.69, 9.17) is 4.74 Å². The maximum atomic E-state index is 12.8. The minimum atomic E-state index is -4.48. The molecule has 2 aromatic carbocycles. The van der Waals surface area contributed by atoms with Crippen LogP contribution in [0.2, 0.25) is 0 Å². The van der Waals surface area contributed by atoms with Crippen LogP contribution in [0.15, 0.2) is 36.4 Å². The highest BCUT2D eigenvalue weighted by Gasteiger charge is 2.33. The number of phenolic OH excluding ortho intramolecular Hbond substituents is 1. The minimum Gasteiger partial charge on any atom is -0.504 e. The molecule has 0 aromatic heterocycles. The van der Waals surface area contributed by atoms with Gasteiger partial charge in [0.2, 0.25) is 0 Å². The number of aromatic hydroxyl groups is 1. The second-order valence-corrected chi connectivity index (χ2v) is 5.43. The Morgan fingerprint density at radius 1 is 1.20 bits per heavy atom. The van der Waals surface area contributed by atoms with E-state index in [-0.39, 0.29) is 22.8 Å². The van der Waals surface area contributed by atoms with Crippen LogP contribution in [-0.2, 0) is 11.0 Å². The Morgan fingerprint density at radius 3 is 2.64 bits per heavy atom. The summed E-state index contributed by atoms with van der Waals surface area (Å²) < 4.78 is 43.6. The summed E-state index contributed by atoms with van der Waals surface area (Å²) in [5, 5.41) is 12.2. The van der Waals surface area contributed by atoms with Gasteiger partial charge in [-0.25, -0.2) is 0 Å². The van der Waals surface area contributed by atoms with E-state index in [2.05, 4.69) is 5.32 Å².